The highest BCUT2D eigenvalue weighted by Crippen LogP contribution is 2.25. The van der Waals surface area contributed by atoms with E-state index in [0.717, 1.165) is 11.4 Å². The number of nitrogens with one attached hydrogen (secondary N) is 1. The number of halogens is 2. The summed E-state index contributed by atoms with van der Waals surface area (Å²) in [5, 5.41) is 5.38. The minimum absolute atomic E-state index is 0.132. The molecular formula is C13H17Cl2N5. The van der Waals surface area contributed by atoms with Crippen LogP contribution in [0.5, 0.6) is 0 Å². The number of rotatable bonds is 5. The van der Waals surface area contributed by atoms with Crippen molar-refractivity contribution in [2.45, 2.75) is 32.4 Å². The fourth-order valence-corrected chi connectivity index (χ4v) is 2.63. The molecule has 0 spiro atoms. The first-order chi connectivity index (χ1) is 9.51. The second-order valence-corrected chi connectivity index (χ2v) is 5.71. The summed E-state index contributed by atoms with van der Waals surface area (Å²) in [4.78, 5) is 4.29. The van der Waals surface area contributed by atoms with Crippen molar-refractivity contribution in [2.24, 2.45) is 5.84 Å². The lowest BCUT2D eigenvalue weighted by Gasteiger charge is -2.18. The number of aromatic nitrogens is 3. The molecule has 5 nitrogen and oxygen atoms in total. The van der Waals surface area contributed by atoms with Crippen molar-refractivity contribution in [3.05, 3.63) is 46.0 Å². The molecule has 108 valence electrons. The third-order valence-corrected chi connectivity index (χ3v) is 3.45. The smallest absolute Gasteiger partial charge is 0.138 e. The molecule has 2 rings (SSSR count). The maximum absolute atomic E-state index is 6.03. The third-order valence-electron chi connectivity index (χ3n) is 3.01. The Labute approximate surface area is 128 Å². The van der Waals surface area contributed by atoms with Crippen LogP contribution in [0.1, 0.15) is 37.3 Å². The van der Waals surface area contributed by atoms with Crippen LogP contribution in [0, 0.1) is 0 Å². The van der Waals surface area contributed by atoms with Gasteiger partial charge in [-0.25, -0.2) is 9.67 Å². The van der Waals surface area contributed by atoms with Crippen molar-refractivity contribution in [3.63, 3.8) is 0 Å². The van der Waals surface area contributed by atoms with E-state index in [-0.39, 0.29) is 12.1 Å². The van der Waals surface area contributed by atoms with E-state index in [4.69, 9.17) is 29.0 Å². The summed E-state index contributed by atoms with van der Waals surface area (Å²) >= 11 is 12.1. The molecule has 0 fully saturated rings. The lowest BCUT2D eigenvalue weighted by Crippen LogP contribution is -2.30. The Balaban J connectivity index is 2.26. The highest BCUT2D eigenvalue weighted by molar-refractivity contribution is 6.34. The predicted octanol–water partition coefficient (Wildman–Crippen LogP) is 2.91. The van der Waals surface area contributed by atoms with Crippen LogP contribution in [0.15, 0.2) is 24.5 Å². The van der Waals surface area contributed by atoms with Gasteiger partial charge in [-0.2, -0.15) is 5.10 Å². The lowest BCUT2D eigenvalue weighted by molar-refractivity contribution is 0.468. The Bertz CT molecular complexity index is 562. The van der Waals surface area contributed by atoms with Crippen LogP contribution in [-0.4, -0.2) is 14.8 Å². The molecule has 0 amide bonds. The average molecular weight is 314 g/mol. The summed E-state index contributed by atoms with van der Waals surface area (Å²) < 4.78 is 1.87. The molecule has 0 saturated carbocycles. The summed E-state index contributed by atoms with van der Waals surface area (Å²) in [6, 6.07) is 5.49. The molecule has 2 aromatic rings. The molecule has 0 aliphatic heterocycles. The first-order valence-corrected chi connectivity index (χ1v) is 7.07. The molecule has 0 bridgehead atoms. The lowest BCUT2D eigenvalue weighted by atomic mass is 10.0. The van der Waals surface area contributed by atoms with Gasteiger partial charge in [-0.3, -0.25) is 11.3 Å². The van der Waals surface area contributed by atoms with Gasteiger partial charge >= 0.3 is 0 Å². The molecule has 1 unspecified atom stereocenters. The summed E-state index contributed by atoms with van der Waals surface area (Å²) in [5.74, 6) is 6.51. The Morgan fingerprint density at radius 1 is 1.25 bits per heavy atom. The number of benzene rings is 1. The fraction of sp³-hybridized carbons (Fsp3) is 0.385. The zero-order chi connectivity index (χ0) is 14.7. The molecule has 7 heteroatoms. The van der Waals surface area contributed by atoms with Crippen LogP contribution in [-0.2, 0) is 6.42 Å². The number of hydrogen-bond acceptors (Lipinski definition) is 4. The van der Waals surface area contributed by atoms with Crippen LogP contribution < -0.4 is 11.3 Å². The second-order valence-electron chi connectivity index (χ2n) is 4.84. The SMILES string of the molecule is CC(C)n1ncnc1CC(NN)c1cc(Cl)cc(Cl)c1. The van der Waals surface area contributed by atoms with Crippen LogP contribution in [0.25, 0.3) is 0 Å². The summed E-state index contributed by atoms with van der Waals surface area (Å²) in [6.07, 6.45) is 2.15. The van der Waals surface area contributed by atoms with Gasteiger partial charge in [0.2, 0.25) is 0 Å². The molecule has 0 aliphatic rings. The zero-order valence-corrected chi connectivity index (χ0v) is 12.9. The normalized spacial score (nSPS) is 12.9. The van der Waals surface area contributed by atoms with E-state index >= 15 is 0 Å². The van der Waals surface area contributed by atoms with Crippen LogP contribution in [0.2, 0.25) is 10.0 Å². The molecule has 1 heterocycles. The largest absolute Gasteiger partial charge is 0.271 e. The number of nitrogens with two attached hydrogens (primary N) is 1. The summed E-state index contributed by atoms with van der Waals surface area (Å²) in [6.45, 7) is 4.11. The minimum atomic E-state index is -0.132. The number of nitrogens with zero attached hydrogens (tertiary/aromatic N) is 3. The monoisotopic (exact) mass is 313 g/mol. The minimum Gasteiger partial charge on any atom is -0.271 e. The van der Waals surface area contributed by atoms with Gasteiger partial charge in [0.25, 0.3) is 0 Å². The first kappa shape index (κ1) is 15.3. The van der Waals surface area contributed by atoms with E-state index in [9.17, 15) is 0 Å². The predicted molar refractivity (Wildman–Crippen MR) is 80.6 cm³/mol. The molecule has 3 N–H and O–H groups in total. The fourth-order valence-electron chi connectivity index (χ4n) is 2.08. The summed E-state index contributed by atoms with van der Waals surface area (Å²) in [5.41, 5.74) is 3.70. The van der Waals surface area contributed by atoms with Crippen molar-refractivity contribution < 1.29 is 0 Å². The average Bonchev–Trinajstić information content (AvgIpc) is 2.82. The van der Waals surface area contributed by atoms with E-state index in [0.29, 0.717) is 16.5 Å². The van der Waals surface area contributed by atoms with E-state index in [1.165, 1.54) is 0 Å². The highest BCUT2D eigenvalue weighted by atomic mass is 35.5. The Hall–Kier alpha value is -1.14. The maximum Gasteiger partial charge on any atom is 0.138 e. The number of hydrazine groups is 1. The van der Waals surface area contributed by atoms with Gasteiger partial charge in [-0.15, -0.1) is 0 Å². The Kier molecular flexibility index (Phi) is 4.99. The molecule has 20 heavy (non-hydrogen) atoms. The molecule has 0 saturated heterocycles. The van der Waals surface area contributed by atoms with Crippen LogP contribution >= 0.6 is 23.2 Å². The van der Waals surface area contributed by atoms with Gasteiger partial charge in [0, 0.05) is 22.5 Å². The van der Waals surface area contributed by atoms with Gasteiger partial charge in [0.15, 0.2) is 0 Å². The van der Waals surface area contributed by atoms with E-state index in [2.05, 4.69) is 29.4 Å². The van der Waals surface area contributed by atoms with E-state index < -0.39 is 0 Å². The van der Waals surface area contributed by atoms with Crippen LogP contribution in [0.4, 0.5) is 0 Å². The molecule has 1 atom stereocenters. The number of hydrogen-bond donors (Lipinski definition) is 2. The standard InChI is InChI=1S/C13H17Cl2N5/c1-8(2)20-13(17-7-18-20)6-12(19-16)9-3-10(14)5-11(15)4-9/h3-5,7-8,12,19H,6,16H2,1-2H3. The summed E-state index contributed by atoms with van der Waals surface area (Å²) in [7, 11) is 0. The van der Waals surface area contributed by atoms with Crippen LogP contribution in [0.3, 0.4) is 0 Å². The van der Waals surface area contributed by atoms with Crippen molar-refractivity contribution in [1.29, 1.82) is 0 Å². The van der Waals surface area contributed by atoms with E-state index in [1.54, 1.807) is 12.4 Å². The Morgan fingerprint density at radius 2 is 1.90 bits per heavy atom. The second kappa shape index (κ2) is 6.54. The molecule has 1 aromatic heterocycles. The van der Waals surface area contributed by atoms with Crippen molar-refractivity contribution in [2.75, 3.05) is 0 Å². The first-order valence-electron chi connectivity index (χ1n) is 6.31. The molecule has 0 radical (unpaired) electrons. The van der Waals surface area contributed by atoms with Gasteiger partial charge in [-0.05, 0) is 37.6 Å². The van der Waals surface area contributed by atoms with Gasteiger partial charge in [-0.1, -0.05) is 23.2 Å². The van der Waals surface area contributed by atoms with Gasteiger partial charge in [0.05, 0.1) is 6.04 Å². The van der Waals surface area contributed by atoms with Crippen molar-refractivity contribution in [3.8, 4) is 0 Å². The van der Waals surface area contributed by atoms with Gasteiger partial charge < -0.3 is 0 Å². The zero-order valence-electron chi connectivity index (χ0n) is 11.3. The highest BCUT2D eigenvalue weighted by Gasteiger charge is 2.17. The van der Waals surface area contributed by atoms with E-state index in [1.807, 2.05) is 16.8 Å². The molecule has 0 aliphatic carbocycles. The molecule has 1 aromatic carbocycles. The quantitative estimate of drug-likeness (QED) is 0.658. The maximum atomic E-state index is 6.03. The Morgan fingerprint density at radius 3 is 2.45 bits per heavy atom. The van der Waals surface area contributed by atoms with Crippen molar-refractivity contribution in [1.82, 2.24) is 20.2 Å². The van der Waals surface area contributed by atoms with Crippen molar-refractivity contribution >= 4 is 23.2 Å². The van der Waals surface area contributed by atoms with Gasteiger partial charge in [0.1, 0.15) is 12.2 Å². The topological polar surface area (TPSA) is 68.8 Å². The molecular weight excluding hydrogens is 297 g/mol. The third kappa shape index (κ3) is 3.49.